The minimum absolute atomic E-state index is 0.237. The molecule has 4 N–H and O–H groups in total. The summed E-state index contributed by atoms with van der Waals surface area (Å²) in [7, 11) is 2.19. The van der Waals surface area contributed by atoms with E-state index in [0.29, 0.717) is 0 Å². The summed E-state index contributed by atoms with van der Waals surface area (Å²) >= 11 is 0. The minimum atomic E-state index is -0.890. The predicted octanol–water partition coefficient (Wildman–Crippen LogP) is 1.75. The Morgan fingerprint density at radius 1 is 0.708 bits per heavy atom. The van der Waals surface area contributed by atoms with Crippen molar-refractivity contribution in [1.29, 1.82) is 0 Å². The van der Waals surface area contributed by atoms with Crippen LogP contribution in [0.1, 0.15) is 20.7 Å². The lowest BCUT2D eigenvalue weighted by molar-refractivity contribution is 0.0589. The van der Waals surface area contributed by atoms with Crippen molar-refractivity contribution in [2.75, 3.05) is 14.2 Å². The van der Waals surface area contributed by atoms with Crippen LogP contribution in [-0.4, -0.2) is 46.6 Å². The Balaban J connectivity index is 2.95. The van der Waals surface area contributed by atoms with Gasteiger partial charge in [0, 0.05) is 11.1 Å². The van der Waals surface area contributed by atoms with E-state index in [0.717, 1.165) is 38.5 Å². The van der Waals surface area contributed by atoms with Crippen LogP contribution in [0.2, 0.25) is 0 Å². The molecule has 24 heavy (non-hydrogen) atoms. The second-order valence-electron chi connectivity index (χ2n) is 4.69. The smallest absolute Gasteiger partial charge is 0.338 e. The Morgan fingerprint density at radius 2 is 1.04 bits per heavy atom. The predicted molar refractivity (Wildman–Crippen MR) is 81.2 cm³/mol. The largest absolute Gasteiger partial charge is 0.504 e. The van der Waals surface area contributed by atoms with Crippen LogP contribution in [0.4, 0.5) is 0 Å². The van der Waals surface area contributed by atoms with Gasteiger partial charge in [0.15, 0.2) is 23.0 Å². The van der Waals surface area contributed by atoms with Crippen molar-refractivity contribution in [1.82, 2.24) is 0 Å². The van der Waals surface area contributed by atoms with Gasteiger partial charge in [-0.3, -0.25) is 0 Å². The molecule has 0 saturated heterocycles. The number of phenolic OH excluding ortho intramolecular Hbond substituents is 4. The molecule has 126 valence electrons. The van der Waals surface area contributed by atoms with Gasteiger partial charge in [0.25, 0.3) is 0 Å². The lowest BCUT2D eigenvalue weighted by atomic mass is 9.92. The molecule has 2 aromatic rings. The Labute approximate surface area is 136 Å². The summed E-state index contributed by atoms with van der Waals surface area (Å²) in [5.41, 5.74) is -1.23. The van der Waals surface area contributed by atoms with Crippen molar-refractivity contribution in [2.24, 2.45) is 0 Å². The van der Waals surface area contributed by atoms with Crippen molar-refractivity contribution < 1.29 is 39.5 Å². The summed E-state index contributed by atoms with van der Waals surface area (Å²) in [5, 5.41) is 39.8. The Kier molecular flexibility index (Phi) is 4.50. The van der Waals surface area contributed by atoms with Crippen molar-refractivity contribution in [3.63, 3.8) is 0 Å². The van der Waals surface area contributed by atoms with Crippen LogP contribution in [0.15, 0.2) is 24.3 Å². The number of esters is 2. The van der Waals surface area contributed by atoms with Crippen LogP contribution in [0.3, 0.4) is 0 Å². The fourth-order valence-corrected chi connectivity index (χ4v) is 2.23. The number of benzene rings is 2. The highest BCUT2D eigenvalue weighted by atomic mass is 16.5. The van der Waals surface area contributed by atoms with Crippen LogP contribution in [0.25, 0.3) is 11.1 Å². The number of aromatic hydroxyl groups is 4. The fourth-order valence-electron chi connectivity index (χ4n) is 2.23. The van der Waals surface area contributed by atoms with Crippen molar-refractivity contribution in [2.45, 2.75) is 0 Å². The summed E-state index contributed by atoms with van der Waals surface area (Å²) in [5.74, 6) is -4.53. The van der Waals surface area contributed by atoms with Gasteiger partial charge in [0.05, 0.1) is 25.3 Å². The molecule has 0 spiro atoms. The minimum Gasteiger partial charge on any atom is -0.504 e. The molecule has 0 aromatic heterocycles. The maximum Gasteiger partial charge on any atom is 0.338 e. The maximum absolute atomic E-state index is 11.9. The molecule has 0 radical (unpaired) electrons. The van der Waals surface area contributed by atoms with E-state index in [-0.39, 0.29) is 22.3 Å². The molecule has 0 amide bonds. The highest BCUT2D eigenvalue weighted by Gasteiger charge is 2.28. The molecular weight excluding hydrogens is 320 g/mol. The van der Waals surface area contributed by atoms with E-state index < -0.39 is 34.9 Å². The first kappa shape index (κ1) is 16.9. The van der Waals surface area contributed by atoms with Gasteiger partial charge < -0.3 is 29.9 Å². The Morgan fingerprint density at radius 3 is 1.33 bits per heavy atom. The van der Waals surface area contributed by atoms with E-state index in [1.807, 2.05) is 0 Å². The third-order valence-electron chi connectivity index (χ3n) is 3.37. The van der Waals surface area contributed by atoms with Crippen molar-refractivity contribution in [3.8, 4) is 34.1 Å². The lowest BCUT2D eigenvalue weighted by Crippen LogP contribution is -2.08. The molecule has 8 nitrogen and oxygen atoms in total. The van der Waals surface area contributed by atoms with Crippen molar-refractivity contribution in [3.05, 3.63) is 35.4 Å². The summed E-state index contributed by atoms with van der Waals surface area (Å²) in [6, 6.07) is 4.37. The van der Waals surface area contributed by atoms with E-state index in [1.54, 1.807) is 0 Å². The molecule has 0 unspecified atom stereocenters. The topological polar surface area (TPSA) is 134 Å². The summed E-state index contributed by atoms with van der Waals surface area (Å²) < 4.78 is 9.20. The van der Waals surface area contributed by atoms with Gasteiger partial charge in [-0.25, -0.2) is 9.59 Å². The van der Waals surface area contributed by atoms with Gasteiger partial charge in [0.2, 0.25) is 0 Å². The second-order valence-corrected chi connectivity index (χ2v) is 4.69. The number of hydrogen-bond donors (Lipinski definition) is 4. The van der Waals surface area contributed by atoms with Gasteiger partial charge in [-0.15, -0.1) is 0 Å². The van der Waals surface area contributed by atoms with Gasteiger partial charge in [0.1, 0.15) is 0 Å². The zero-order valence-electron chi connectivity index (χ0n) is 12.7. The summed E-state index contributed by atoms with van der Waals surface area (Å²) in [6.07, 6.45) is 0. The third kappa shape index (κ3) is 2.65. The quantitative estimate of drug-likeness (QED) is 0.493. The molecule has 2 aromatic carbocycles. The Hall–Kier alpha value is -3.42. The summed E-state index contributed by atoms with van der Waals surface area (Å²) in [6.45, 7) is 0. The zero-order chi connectivity index (χ0) is 18.0. The van der Waals surface area contributed by atoms with Crippen LogP contribution >= 0.6 is 0 Å². The second kappa shape index (κ2) is 6.37. The molecule has 0 fully saturated rings. The number of phenols is 4. The van der Waals surface area contributed by atoms with Crippen LogP contribution in [-0.2, 0) is 9.47 Å². The maximum atomic E-state index is 11.9. The van der Waals surface area contributed by atoms with Gasteiger partial charge in [-0.05, 0) is 24.3 Å². The number of rotatable bonds is 3. The first-order valence-electron chi connectivity index (χ1n) is 6.60. The number of carbonyl (C=O) groups is 2. The third-order valence-corrected chi connectivity index (χ3v) is 3.37. The lowest BCUT2D eigenvalue weighted by Gasteiger charge is -2.16. The van der Waals surface area contributed by atoms with Crippen LogP contribution in [0.5, 0.6) is 23.0 Å². The summed E-state index contributed by atoms with van der Waals surface area (Å²) in [4.78, 5) is 23.9. The number of ether oxygens (including phenoxy) is 2. The molecule has 0 heterocycles. The van der Waals surface area contributed by atoms with Gasteiger partial charge in [-0.2, -0.15) is 0 Å². The van der Waals surface area contributed by atoms with Crippen LogP contribution < -0.4 is 0 Å². The highest BCUT2D eigenvalue weighted by Crippen LogP contribution is 2.47. The van der Waals surface area contributed by atoms with E-state index in [1.165, 1.54) is 0 Å². The molecule has 0 aliphatic heterocycles. The molecular formula is C16H14O8. The molecule has 0 aliphatic rings. The monoisotopic (exact) mass is 334 g/mol. The normalized spacial score (nSPS) is 10.2. The SMILES string of the molecule is COC(=O)c1ccc(O)c(O)c1-c1c(C(=O)OC)ccc(O)c1O. The molecule has 8 heteroatoms. The van der Waals surface area contributed by atoms with E-state index in [2.05, 4.69) is 9.47 Å². The van der Waals surface area contributed by atoms with E-state index >= 15 is 0 Å². The average Bonchev–Trinajstić information content (AvgIpc) is 2.58. The van der Waals surface area contributed by atoms with Crippen molar-refractivity contribution >= 4 is 11.9 Å². The Bertz CT molecular complexity index is 756. The first-order chi connectivity index (χ1) is 11.3. The highest BCUT2D eigenvalue weighted by molar-refractivity contribution is 6.07. The van der Waals surface area contributed by atoms with Crippen LogP contribution in [0, 0.1) is 0 Å². The fraction of sp³-hybridized carbons (Fsp3) is 0.125. The molecule has 0 saturated carbocycles. The number of hydrogen-bond acceptors (Lipinski definition) is 8. The molecule has 0 bridgehead atoms. The number of methoxy groups -OCH3 is 2. The van der Waals surface area contributed by atoms with E-state index in [9.17, 15) is 30.0 Å². The average molecular weight is 334 g/mol. The zero-order valence-corrected chi connectivity index (χ0v) is 12.7. The van der Waals surface area contributed by atoms with E-state index in [4.69, 9.17) is 0 Å². The standard InChI is InChI=1S/C16H14O8/c1-23-15(21)7-3-5-9(17)13(19)11(7)12-8(16(22)24-2)4-6-10(18)14(12)20/h3-6,17-20H,1-2H3. The molecule has 2 rings (SSSR count). The van der Waals surface area contributed by atoms with Gasteiger partial charge >= 0.3 is 11.9 Å². The number of carbonyl (C=O) groups excluding carboxylic acids is 2. The first-order valence-corrected chi connectivity index (χ1v) is 6.60. The van der Waals surface area contributed by atoms with Gasteiger partial charge in [-0.1, -0.05) is 0 Å². The molecule has 0 atom stereocenters. The molecule has 0 aliphatic carbocycles.